The number of benzene rings is 2. The Kier molecular flexibility index (Phi) is 6.03. The molecule has 0 atom stereocenters. The Hall–Kier alpha value is -5.00. The number of imidazole rings is 2. The predicted octanol–water partition coefficient (Wildman–Crippen LogP) is 3.33. The second kappa shape index (κ2) is 9.24. The highest BCUT2D eigenvalue weighted by Gasteiger charge is 2.32. The summed E-state index contributed by atoms with van der Waals surface area (Å²) in [6.45, 7) is -0.652. The Morgan fingerprint density at radius 3 is 1.35 bits per heavy atom. The molecule has 2 aromatic carbocycles. The van der Waals surface area contributed by atoms with Crippen molar-refractivity contribution in [3.63, 3.8) is 0 Å². The SMILES string of the molecule is O=C(Cn1cc([N+](=O)[O-])nc1-c1nc([N+](=O)[O-])cn1CC(=O)c1ccccc1)c1ccccc1. The highest BCUT2D eigenvalue weighted by Crippen LogP contribution is 2.25. The third-order valence-corrected chi connectivity index (χ3v) is 4.92. The molecule has 0 amide bonds. The average Bonchev–Trinajstić information content (AvgIpc) is 3.44. The number of carbonyl (C=O) groups is 2. The average molecular weight is 460 g/mol. The lowest BCUT2D eigenvalue weighted by molar-refractivity contribution is -0.389. The summed E-state index contributed by atoms with van der Waals surface area (Å²) >= 11 is 0. The van der Waals surface area contributed by atoms with Crippen LogP contribution in [0.1, 0.15) is 20.7 Å². The molecule has 0 unspecified atom stereocenters. The molecule has 12 heteroatoms. The summed E-state index contributed by atoms with van der Waals surface area (Å²) in [5, 5.41) is 22.7. The van der Waals surface area contributed by atoms with E-state index in [1.54, 1.807) is 60.7 Å². The third kappa shape index (κ3) is 4.60. The number of carbonyl (C=O) groups excluding carboxylic acids is 2. The van der Waals surface area contributed by atoms with Gasteiger partial charge in [-0.3, -0.25) is 18.7 Å². The molecule has 0 saturated heterocycles. The maximum absolute atomic E-state index is 12.7. The Labute approximate surface area is 191 Å². The van der Waals surface area contributed by atoms with E-state index >= 15 is 0 Å². The highest BCUT2D eigenvalue weighted by molar-refractivity contribution is 5.96. The van der Waals surface area contributed by atoms with E-state index in [9.17, 15) is 29.8 Å². The number of nitrogens with zero attached hydrogens (tertiary/aromatic N) is 6. The molecule has 0 fully saturated rings. The van der Waals surface area contributed by atoms with Crippen molar-refractivity contribution in [2.45, 2.75) is 13.1 Å². The number of nitro groups is 2. The number of hydrogen-bond acceptors (Lipinski definition) is 8. The maximum atomic E-state index is 12.7. The van der Waals surface area contributed by atoms with E-state index in [4.69, 9.17) is 0 Å². The minimum Gasteiger partial charge on any atom is -0.358 e. The third-order valence-electron chi connectivity index (χ3n) is 4.92. The molecule has 0 spiro atoms. The van der Waals surface area contributed by atoms with Crippen LogP contribution in [-0.4, -0.2) is 40.5 Å². The molecule has 170 valence electrons. The lowest BCUT2D eigenvalue weighted by Gasteiger charge is -2.05. The number of rotatable bonds is 9. The number of aromatic nitrogens is 4. The van der Waals surface area contributed by atoms with Crippen LogP contribution in [0, 0.1) is 20.2 Å². The van der Waals surface area contributed by atoms with Gasteiger partial charge in [-0.2, -0.15) is 0 Å². The summed E-state index contributed by atoms with van der Waals surface area (Å²) in [4.78, 5) is 54.6. The van der Waals surface area contributed by atoms with Gasteiger partial charge in [0.25, 0.3) is 0 Å². The zero-order chi connectivity index (χ0) is 24.2. The van der Waals surface area contributed by atoms with E-state index in [1.165, 1.54) is 9.13 Å². The van der Waals surface area contributed by atoms with E-state index in [-0.39, 0.29) is 36.3 Å². The second-order valence-corrected chi connectivity index (χ2v) is 7.19. The van der Waals surface area contributed by atoms with E-state index in [0.717, 1.165) is 12.4 Å². The molecule has 0 saturated carbocycles. The van der Waals surface area contributed by atoms with Gasteiger partial charge in [0.15, 0.2) is 11.6 Å². The fourth-order valence-electron chi connectivity index (χ4n) is 3.32. The summed E-state index contributed by atoms with van der Waals surface area (Å²) in [5.41, 5.74) is 0.747. The van der Waals surface area contributed by atoms with Crippen molar-refractivity contribution in [2.75, 3.05) is 0 Å². The van der Waals surface area contributed by atoms with Crippen LogP contribution in [0.4, 0.5) is 11.6 Å². The molecule has 0 bridgehead atoms. The predicted molar refractivity (Wildman–Crippen MR) is 118 cm³/mol. The first-order chi connectivity index (χ1) is 16.3. The quantitative estimate of drug-likeness (QED) is 0.209. The van der Waals surface area contributed by atoms with Gasteiger partial charge < -0.3 is 20.2 Å². The largest absolute Gasteiger partial charge is 0.382 e. The summed E-state index contributed by atoms with van der Waals surface area (Å²) in [7, 11) is 0. The number of hydrogen-bond donors (Lipinski definition) is 0. The number of Topliss-reactive ketones (excluding diaryl/α,β-unsaturated/α-hetero) is 2. The Morgan fingerprint density at radius 1 is 0.676 bits per heavy atom. The fraction of sp³-hybridized carbons (Fsp3) is 0.0909. The highest BCUT2D eigenvalue weighted by atomic mass is 16.6. The Morgan fingerprint density at radius 2 is 1.03 bits per heavy atom. The zero-order valence-corrected chi connectivity index (χ0v) is 17.5. The minimum absolute atomic E-state index is 0.148. The van der Waals surface area contributed by atoms with Gasteiger partial charge in [0.05, 0.1) is 13.1 Å². The van der Waals surface area contributed by atoms with Crippen LogP contribution in [0.5, 0.6) is 0 Å². The molecule has 4 rings (SSSR count). The van der Waals surface area contributed by atoms with Crippen LogP contribution in [0.2, 0.25) is 0 Å². The van der Waals surface area contributed by atoms with Crippen molar-refractivity contribution in [1.29, 1.82) is 0 Å². The van der Waals surface area contributed by atoms with Gasteiger partial charge in [0, 0.05) is 11.1 Å². The zero-order valence-electron chi connectivity index (χ0n) is 17.5. The molecular weight excluding hydrogens is 444 g/mol. The van der Waals surface area contributed by atoms with Crippen LogP contribution in [0.15, 0.2) is 73.1 Å². The van der Waals surface area contributed by atoms with E-state index in [1.807, 2.05) is 0 Å². The van der Waals surface area contributed by atoms with Crippen molar-refractivity contribution in [3.8, 4) is 11.6 Å². The smallest absolute Gasteiger partial charge is 0.358 e. The van der Waals surface area contributed by atoms with Gasteiger partial charge in [-0.25, -0.2) is 0 Å². The minimum atomic E-state index is -0.746. The molecule has 2 aromatic heterocycles. The Balaban J connectivity index is 1.77. The summed E-state index contributed by atoms with van der Waals surface area (Å²) in [6, 6.07) is 16.6. The summed E-state index contributed by atoms with van der Waals surface area (Å²) in [6.07, 6.45) is 2.11. The molecule has 0 aliphatic heterocycles. The summed E-state index contributed by atoms with van der Waals surface area (Å²) in [5.74, 6) is -2.15. The van der Waals surface area contributed by atoms with Gasteiger partial charge in [0.1, 0.15) is 12.4 Å². The molecular formula is C22H16N6O6. The fourth-order valence-corrected chi connectivity index (χ4v) is 3.32. The normalized spacial score (nSPS) is 10.7. The van der Waals surface area contributed by atoms with Gasteiger partial charge in [-0.15, -0.1) is 0 Å². The lowest BCUT2D eigenvalue weighted by Crippen LogP contribution is -2.15. The molecule has 0 N–H and O–H groups in total. The van der Waals surface area contributed by atoms with Gasteiger partial charge in [-0.05, 0) is 19.8 Å². The van der Waals surface area contributed by atoms with E-state index in [0.29, 0.717) is 11.1 Å². The van der Waals surface area contributed by atoms with Crippen molar-refractivity contribution < 1.29 is 19.4 Å². The van der Waals surface area contributed by atoms with Crippen molar-refractivity contribution in [2.24, 2.45) is 0 Å². The first-order valence-corrected chi connectivity index (χ1v) is 9.93. The Bertz CT molecular complexity index is 1290. The van der Waals surface area contributed by atoms with Crippen LogP contribution < -0.4 is 0 Å². The standard InChI is InChI=1S/C22H16N6O6/c29-17(15-7-3-1-4-8-15)11-25-13-19(27(31)32)23-21(25)22-24-20(28(33)34)14-26(22)12-18(30)16-9-5-2-6-10-16/h1-10,13-14H,11-12H2. The molecule has 0 aliphatic carbocycles. The van der Waals surface area contributed by atoms with Gasteiger partial charge in [-0.1, -0.05) is 60.7 Å². The molecule has 34 heavy (non-hydrogen) atoms. The molecule has 12 nitrogen and oxygen atoms in total. The van der Waals surface area contributed by atoms with Crippen molar-refractivity contribution in [1.82, 2.24) is 19.1 Å². The number of ketones is 2. The first-order valence-electron chi connectivity index (χ1n) is 9.93. The van der Waals surface area contributed by atoms with E-state index < -0.39 is 21.5 Å². The van der Waals surface area contributed by atoms with Crippen LogP contribution in [0.25, 0.3) is 11.6 Å². The first kappa shape index (κ1) is 22.2. The van der Waals surface area contributed by atoms with Gasteiger partial charge in [0.2, 0.25) is 0 Å². The van der Waals surface area contributed by atoms with Crippen molar-refractivity contribution in [3.05, 3.63) is 104 Å². The molecule has 4 aromatic rings. The second-order valence-electron chi connectivity index (χ2n) is 7.19. The molecule has 2 heterocycles. The topological polar surface area (TPSA) is 156 Å². The lowest BCUT2D eigenvalue weighted by atomic mass is 10.1. The monoisotopic (exact) mass is 460 g/mol. The van der Waals surface area contributed by atoms with Gasteiger partial charge >= 0.3 is 23.3 Å². The van der Waals surface area contributed by atoms with Crippen molar-refractivity contribution >= 4 is 23.2 Å². The molecule has 0 aliphatic rings. The van der Waals surface area contributed by atoms with Crippen LogP contribution in [-0.2, 0) is 13.1 Å². The van der Waals surface area contributed by atoms with Crippen LogP contribution in [0.3, 0.4) is 0 Å². The van der Waals surface area contributed by atoms with E-state index in [2.05, 4.69) is 9.97 Å². The maximum Gasteiger partial charge on any atom is 0.382 e. The van der Waals surface area contributed by atoms with Crippen LogP contribution >= 0.6 is 0 Å². The molecule has 0 radical (unpaired) electrons. The summed E-state index contributed by atoms with van der Waals surface area (Å²) < 4.78 is 2.39.